The Balaban J connectivity index is 1.76. The quantitative estimate of drug-likeness (QED) is 0.168. The molecule has 0 spiro atoms. The highest BCUT2D eigenvalue weighted by atomic mass is 16.5. The van der Waals surface area contributed by atoms with Crippen molar-refractivity contribution in [1.29, 1.82) is 0 Å². The summed E-state index contributed by atoms with van der Waals surface area (Å²) in [5.41, 5.74) is 1.76. The number of anilines is 3. The number of fused-ring (bicyclic) bond motifs is 2. The number of hydrogen-bond donors (Lipinski definition) is 4. The fraction of sp³-hybridized carbons (Fsp3) is 0.464. The lowest BCUT2D eigenvalue weighted by Crippen LogP contribution is -2.37. The number of phenolic OH excluding ortho intramolecular Hbond substituents is 3. The Hall–Kier alpha value is -3.19. The summed E-state index contributed by atoms with van der Waals surface area (Å²) >= 11 is 0. The third kappa shape index (κ3) is 6.69. The SMILES string of the molecule is C/C(=C\CCC(C)(C)OCN1C(=O)c2cccc(O)c2Nc2c(O)cc(O)cc21)CCCC(C)C. The predicted octanol–water partition coefficient (Wildman–Crippen LogP) is 6.81. The average Bonchev–Trinajstić information content (AvgIpc) is 2.87. The number of nitrogens with one attached hydrogen (secondary N) is 1. The Labute approximate surface area is 208 Å². The van der Waals surface area contributed by atoms with Crippen LogP contribution >= 0.6 is 0 Å². The van der Waals surface area contributed by atoms with Crippen LogP contribution in [0.15, 0.2) is 42.0 Å². The third-order valence-electron chi connectivity index (χ3n) is 6.32. The van der Waals surface area contributed by atoms with Crippen molar-refractivity contribution in [1.82, 2.24) is 0 Å². The van der Waals surface area contributed by atoms with Gasteiger partial charge in [-0.3, -0.25) is 9.69 Å². The van der Waals surface area contributed by atoms with Crippen molar-refractivity contribution in [2.75, 3.05) is 16.9 Å². The molecule has 1 heterocycles. The van der Waals surface area contributed by atoms with Gasteiger partial charge in [-0.25, -0.2) is 0 Å². The first-order valence-electron chi connectivity index (χ1n) is 12.2. The highest BCUT2D eigenvalue weighted by molar-refractivity contribution is 6.15. The third-order valence-corrected chi connectivity index (χ3v) is 6.32. The Kier molecular flexibility index (Phi) is 8.33. The van der Waals surface area contributed by atoms with Crippen LogP contribution in [0.2, 0.25) is 0 Å². The standard InChI is InChI=1S/C28H38N2O5/c1-18(2)9-6-10-19(3)11-8-14-28(4,5)35-17-30-22-15-20(31)16-24(33)26(22)29-25-21(27(30)34)12-7-13-23(25)32/h7,11-13,15-16,18,29,31-33H,6,8-10,14,17H2,1-5H3/b19-11+. The van der Waals surface area contributed by atoms with Crippen molar-refractivity contribution in [3.05, 3.63) is 47.5 Å². The molecule has 0 aromatic heterocycles. The van der Waals surface area contributed by atoms with Crippen molar-refractivity contribution >= 4 is 23.0 Å². The molecule has 4 N–H and O–H groups in total. The van der Waals surface area contributed by atoms with Gasteiger partial charge in [-0.1, -0.05) is 38.0 Å². The van der Waals surface area contributed by atoms with Crippen LogP contribution in [0.3, 0.4) is 0 Å². The van der Waals surface area contributed by atoms with E-state index in [2.05, 4.69) is 32.2 Å². The van der Waals surface area contributed by atoms with Crippen LogP contribution in [-0.4, -0.2) is 33.6 Å². The molecule has 0 aliphatic carbocycles. The molecular formula is C28H38N2O5. The van der Waals surface area contributed by atoms with Crippen molar-refractivity contribution in [3.8, 4) is 17.2 Å². The Morgan fingerprint density at radius 3 is 2.60 bits per heavy atom. The summed E-state index contributed by atoms with van der Waals surface area (Å²) < 4.78 is 6.19. The van der Waals surface area contributed by atoms with Crippen molar-refractivity contribution < 1.29 is 24.9 Å². The molecule has 7 nitrogen and oxygen atoms in total. The van der Waals surface area contributed by atoms with E-state index in [1.807, 2.05) is 13.8 Å². The van der Waals surface area contributed by atoms with E-state index in [-0.39, 0.29) is 46.6 Å². The maximum atomic E-state index is 13.5. The van der Waals surface area contributed by atoms with Crippen molar-refractivity contribution in [3.63, 3.8) is 0 Å². The molecule has 1 amide bonds. The lowest BCUT2D eigenvalue weighted by Gasteiger charge is -2.30. The van der Waals surface area contributed by atoms with Crippen LogP contribution in [0.5, 0.6) is 17.2 Å². The van der Waals surface area contributed by atoms with Gasteiger partial charge < -0.3 is 25.4 Å². The summed E-state index contributed by atoms with van der Waals surface area (Å²) in [5, 5.41) is 33.9. The number of nitrogens with zero attached hydrogens (tertiary/aromatic N) is 1. The van der Waals surface area contributed by atoms with Crippen LogP contribution in [0, 0.1) is 5.92 Å². The fourth-order valence-electron chi connectivity index (χ4n) is 4.16. The van der Waals surface area contributed by atoms with Crippen LogP contribution in [0.25, 0.3) is 0 Å². The minimum absolute atomic E-state index is 0.0877. The maximum Gasteiger partial charge on any atom is 0.262 e. The summed E-state index contributed by atoms with van der Waals surface area (Å²) in [5.74, 6) is -0.242. The first-order chi connectivity index (χ1) is 16.5. The van der Waals surface area contributed by atoms with Crippen LogP contribution in [-0.2, 0) is 4.74 Å². The lowest BCUT2D eigenvalue weighted by molar-refractivity contribution is -0.0208. The summed E-state index contributed by atoms with van der Waals surface area (Å²) in [6.45, 7) is 10.5. The summed E-state index contributed by atoms with van der Waals surface area (Å²) in [4.78, 5) is 14.8. The Morgan fingerprint density at radius 2 is 1.89 bits per heavy atom. The van der Waals surface area contributed by atoms with Crippen molar-refractivity contribution in [2.45, 2.75) is 72.3 Å². The summed E-state index contributed by atoms with van der Waals surface area (Å²) in [6.07, 6.45) is 7.42. The zero-order valence-electron chi connectivity index (χ0n) is 21.4. The van der Waals surface area contributed by atoms with Gasteiger partial charge in [-0.15, -0.1) is 0 Å². The van der Waals surface area contributed by atoms with Gasteiger partial charge in [-0.05, 0) is 64.5 Å². The number of allylic oxidation sites excluding steroid dienone is 2. The predicted molar refractivity (Wildman–Crippen MR) is 140 cm³/mol. The van der Waals surface area contributed by atoms with E-state index in [0.29, 0.717) is 0 Å². The fourth-order valence-corrected chi connectivity index (χ4v) is 4.16. The molecule has 35 heavy (non-hydrogen) atoms. The lowest BCUT2D eigenvalue weighted by atomic mass is 9.99. The van der Waals surface area contributed by atoms with E-state index >= 15 is 0 Å². The molecule has 0 saturated carbocycles. The molecule has 190 valence electrons. The van der Waals surface area contributed by atoms with Gasteiger partial charge in [0, 0.05) is 12.1 Å². The van der Waals surface area contributed by atoms with Gasteiger partial charge >= 0.3 is 0 Å². The second-order valence-corrected chi connectivity index (χ2v) is 10.3. The number of carbonyl (C=O) groups is 1. The van der Waals surface area contributed by atoms with E-state index in [1.54, 1.807) is 12.1 Å². The number of benzene rings is 2. The average molecular weight is 483 g/mol. The second-order valence-electron chi connectivity index (χ2n) is 10.3. The molecule has 7 heteroatoms. The highest BCUT2D eigenvalue weighted by Crippen LogP contribution is 2.45. The largest absolute Gasteiger partial charge is 0.508 e. The van der Waals surface area contributed by atoms with Crippen molar-refractivity contribution in [2.24, 2.45) is 5.92 Å². The first kappa shape index (κ1) is 26.4. The molecule has 0 fully saturated rings. The van der Waals surface area contributed by atoms with Gasteiger partial charge in [0.2, 0.25) is 0 Å². The van der Waals surface area contributed by atoms with E-state index in [4.69, 9.17) is 4.74 Å². The molecular weight excluding hydrogens is 444 g/mol. The van der Waals surface area contributed by atoms with Crippen LogP contribution in [0.4, 0.5) is 17.1 Å². The minimum atomic E-state index is -0.518. The molecule has 0 atom stereocenters. The topological polar surface area (TPSA) is 102 Å². The smallest absolute Gasteiger partial charge is 0.262 e. The zero-order valence-corrected chi connectivity index (χ0v) is 21.4. The van der Waals surface area contributed by atoms with Gasteiger partial charge in [0.1, 0.15) is 29.7 Å². The monoisotopic (exact) mass is 482 g/mol. The molecule has 0 radical (unpaired) electrons. The number of amides is 1. The molecule has 3 rings (SSSR count). The molecule has 0 bridgehead atoms. The minimum Gasteiger partial charge on any atom is -0.508 e. The maximum absolute atomic E-state index is 13.5. The molecule has 2 aromatic rings. The number of phenols is 3. The van der Waals surface area contributed by atoms with Crippen LogP contribution in [0.1, 0.15) is 77.1 Å². The Morgan fingerprint density at radius 1 is 1.14 bits per heavy atom. The summed E-state index contributed by atoms with van der Waals surface area (Å²) in [6, 6.07) is 7.21. The van der Waals surface area contributed by atoms with Crippen LogP contribution < -0.4 is 10.2 Å². The summed E-state index contributed by atoms with van der Waals surface area (Å²) in [7, 11) is 0. The molecule has 2 aromatic carbocycles. The van der Waals surface area contributed by atoms with Gasteiger partial charge in [-0.2, -0.15) is 0 Å². The van der Waals surface area contributed by atoms with Gasteiger partial charge in [0.05, 0.1) is 22.5 Å². The first-order valence-corrected chi connectivity index (χ1v) is 12.2. The number of para-hydroxylation sites is 1. The second kappa shape index (κ2) is 11.0. The highest BCUT2D eigenvalue weighted by Gasteiger charge is 2.32. The van der Waals surface area contributed by atoms with Gasteiger partial charge in [0.15, 0.2) is 0 Å². The molecule has 1 aliphatic rings. The normalized spacial score (nSPS) is 13.9. The van der Waals surface area contributed by atoms with E-state index < -0.39 is 11.5 Å². The van der Waals surface area contributed by atoms with E-state index in [1.165, 1.54) is 41.5 Å². The van der Waals surface area contributed by atoms with E-state index in [9.17, 15) is 20.1 Å². The number of carbonyl (C=O) groups excluding carboxylic acids is 1. The molecule has 0 saturated heterocycles. The number of ether oxygens (including phenoxy) is 1. The zero-order chi connectivity index (χ0) is 25.8. The van der Waals surface area contributed by atoms with E-state index in [0.717, 1.165) is 25.2 Å². The number of hydrogen-bond acceptors (Lipinski definition) is 6. The molecule has 1 aliphatic heterocycles. The van der Waals surface area contributed by atoms with Gasteiger partial charge in [0.25, 0.3) is 5.91 Å². The number of rotatable bonds is 10. The Bertz CT molecular complexity index is 1090. The molecule has 0 unspecified atom stereocenters. The number of aromatic hydroxyl groups is 3.